The molecule has 6 heteroatoms. The average Bonchev–Trinajstić information content (AvgIpc) is 3.02. The molecule has 0 atom stereocenters. The number of amides is 2. The van der Waals surface area contributed by atoms with Gasteiger partial charge in [-0.15, -0.1) is 0 Å². The van der Waals surface area contributed by atoms with Gasteiger partial charge < -0.3 is 15.2 Å². The highest BCUT2D eigenvalue weighted by molar-refractivity contribution is 6.03. The molecule has 1 aromatic carbocycles. The summed E-state index contributed by atoms with van der Waals surface area (Å²) in [5, 5.41) is 5.81. The van der Waals surface area contributed by atoms with Gasteiger partial charge in [-0.3, -0.25) is 9.59 Å². The molecule has 0 saturated heterocycles. The lowest BCUT2D eigenvalue weighted by Gasteiger charge is -2.17. The van der Waals surface area contributed by atoms with Crippen molar-refractivity contribution >= 4 is 17.5 Å². The van der Waals surface area contributed by atoms with Gasteiger partial charge in [-0.25, -0.2) is 4.98 Å². The zero-order valence-corrected chi connectivity index (χ0v) is 15.5. The van der Waals surface area contributed by atoms with Crippen LogP contribution in [-0.2, 0) is 13.0 Å². The van der Waals surface area contributed by atoms with Gasteiger partial charge in [-0.1, -0.05) is 25.5 Å². The maximum atomic E-state index is 12.8. The molecule has 2 aromatic rings. The van der Waals surface area contributed by atoms with Crippen molar-refractivity contribution in [2.75, 3.05) is 11.9 Å². The van der Waals surface area contributed by atoms with E-state index in [2.05, 4.69) is 22.5 Å². The maximum absolute atomic E-state index is 12.8. The van der Waals surface area contributed by atoms with E-state index in [0.717, 1.165) is 55.6 Å². The van der Waals surface area contributed by atoms with Crippen LogP contribution in [0, 0.1) is 6.92 Å². The number of imidazole rings is 1. The maximum Gasteiger partial charge on any atom is 0.291 e. The molecule has 6 nitrogen and oxygen atoms in total. The molecule has 2 amide bonds. The number of nitrogens with zero attached hydrogens (tertiary/aromatic N) is 2. The van der Waals surface area contributed by atoms with Crippen molar-refractivity contribution in [1.82, 2.24) is 14.9 Å². The van der Waals surface area contributed by atoms with Gasteiger partial charge >= 0.3 is 0 Å². The Morgan fingerprint density at radius 2 is 2.08 bits per heavy atom. The number of carbonyl (C=O) groups is 2. The monoisotopic (exact) mass is 354 g/mol. The second kappa shape index (κ2) is 8.17. The summed E-state index contributed by atoms with van der Waals surface area (Å²) in [4.78, 5) is 29.7. The van der Waals surface area contributed by atoms with Gasteiger partial charge in [0.05, 0.1) is 5.69 Å². The number of carbonyl (C=O) groups excluding carboxylic acids is 2. The Hall–Kier alpha value is -2.63. The van der Waals surface area contributed by atoms with Crippen LogP contribution in [0.25, 0.3) is 0 Å². The number of aryl methyl sites for hydroxylation is 1. The summed E-state index contributed by atoms with van der Waals surface area (Å²) in [6, 6.07) is 7.64. The Kier molecular flexibility index (Phi) is 5.71. The molecule has 0 aliphatic carbocycles. The number of anilines is 1. The van der Waals surface area contributed by atoms with Crippen LogP contribution < -0.4 is 10.6 Å². The Bertz CT molecular complexity index is 810. The fourth-order valence-corrected chi connectivity index (χ4v) is 3.27. The zero-order chi connectivity index (χ0) is 18.5. The van der Waals surface area contributed by atoms with E-state index in [1.54, 1.807) is 0 Å². The van der Waals surface area contributed by atoms with E-state index < -0.39 is 0 Å². The molecule has 3 rings (SSSR count). The Labute approximate surface area is 154 Å². The van der Waals surface area contributed by atoms with Gasteiger partial charge in [0.15, 0.2) is 5.82 Å². The van der Waals surface area contributed by atoms with Gasteiger partial charge in [0, 0.05) is 18.8 Å². The largest absolute Gasteiger partial charge is 0.351 e. The molecule has 2 heterocycles. The number of aromatic nitrogens is 2. The summed E-state index contributed by atoms with van der Waals surface area (Å²) < 4.78 is 1.91. The van der Waals surface area contributed by atoms with Gasteiger partial charge in [0.1, 0.15) is 5.69 Å². The van der Waals surface area contributed by atoms with Crippen LogP contribution in [0.1, 0.15) is 65.0 Å². The second-order valence-corrected chi connectivity index (χ2v) is 6.77. The van der Waals surface area contributed by atoms with E-state index in [1.165, 1.54) is 0 Å². The van der Waals surface area contributed by atoms with Crippen LogP contribution in [0.5, 0.6) is 0 Å². The van der Waals surface area contributed by atoms with Crippen molar-refractivity contribution in [2.45, 2.75) is 52.5 Å². The summed E-state index contributed by atoms with van der Waals surface area (Å²) in [6.45, 7) is 5.41. The lowest BCUT2D eigenvalue weighted by Crippen LogP contribution is -2.26. The third-order valence-electron chi connectivity index (χ3n) is 4.63. The fourth-order valence-electron chi connectivity index (χ4n) is 3.27. The van der Waals surface area contributed by atoms with Crippen molar-refractivity contribution < 1.29 is 9.59 Å². The van der Waals surface area contributed by atoms with E-state index in [-0.39, 0.29) is 11.8 Å². The minimum Gasteiger partial charge on any atom is -0.351 e. The summed E-state index contributed by atoms with van der Waals surface area (Å²) in [5.41, 5.74) is 3.08. The Balaban J connectivity index is 1.84. The molecule has 2 N–H and O–H groups in total. The topological polar surface area (TPSA) is 76.0 Å². The zero-order valence-electron chi connectivity index (χ0n) is 15.5. The van der Waals surface area contributed by atoms with E-state index in [4.69, 9.17) is 0 Å². The molecular formula is C20H26N4O2. The first-order valence-electron chi connectivity index (χ1n) is 9.35. The van der Waals surface area contributed by atoms with Crippen LogP contribution in [0.3, 0.4) is 0 Å². The summed E-state index contributed by atoms with van der Waals surface area (Å²) in [5.74, 6) is -0.132. The molecule has 0 spiro atoms. The number of hydrogen-bond acceptors (Lipinski definition) is 3. The number of nitrogens with one attached hydrogen (secondary N) is 2. The predicted molar refractivity (Wildman–Crippen MR) is 102 cm³/mol. The molecule has 1 aliphatic rings. The van der Waals surface area contributed by atoms with Crippen molar-refractivity contribution in [3.8, 4) is 0 Å². The number of unbranched alkanes of at least 4 members (excludes halogenated alkanes) is 1. The van der Waals surface area contributed by atoms with Crippen LogP contribution in [0.4, 0.5) is 5.69 Å². The van der Waals surface area contributed by atoms with Crippen molar-refractivity contribution in [3.05, 3.63) is 47.0 Å². The number of fused-ring (bicyclic) bond motifs is 1. The minimum atomic E-state index is -0.272. The normalized spacial score (nSPS) is 13.2. The predicted octanol–water partition coefficient (Wildman–Crippen LogP) is 3.31. The van der Waals surface area contributed by atoms with E-state index in [9.17, 15) is 9.59 Å². The SMILES string of the molecule is CCCCNC(=O)c1nc(C(=O)Nc2cccc(C)c2)n2c1CCCC2. The molecule has 0 radical (unpaired) electrons. The highest BCUT2D eigenvalue weighted by Crippen LogP contribution is 2.22. The first-order chi connectivity index (χ1) is 12.6. The molecule has 138 valence electrons. The van der Waals surface area contributed by atoms with E-state index in [1.807, 2.05) is 35.8 Å². The average molecular weight is 354 g/mol. The third kappa shape index (κ3) is 3.95. The van der Waals surface area contributed by atoms with Crippen molar-refractivity contribution in [2.24, 2.45) is 0 Å². The van der Waals surface area contributed by atoms with Crippen LogP contribution in [-0.4, -0.2) is 27.9 Å². The molecule has 26 heavy (non-hydrogen) atoms. The number of rotatable bonds is 6. The quantitative estimate of drug-likeness (QED) is 0.782. The lowest BCUT2D eigenvalue weighted by molar-refractivity contribution is 0.0947. The van der Waals surface area contributed by atoms with Gasteiger partial charge in [0.2, 0.25) is 0 Å². The number of benzene rings is 1. The molecule has 1 aliphatic heterocycles. The first kappa shape index (κ1) is 18.2. The molecule has 0 saturated carbocycles. The lowest BCUT2D eigenvalue weighted by atomic mass is 10.1. The minimum absolute atomic E-state index is 0.182. The van der Waals surface area contributed by atoms with E-state index in [0.29, 0.717) is 18.1 Å². The van der Waals surface area contributed by atoms with Gasteiger partial charge in [-0.2, -0.15) is 0 Å². The van der Waals surface area contributed by atoms with Crippen molar-refractivity contribution in [1.29, 1.82) is 0 Å². The Morgan fingerprint density at radius 3 is 2.85 bits per heavy atom. The molecule has 0 bridgehead atoms. The fraction of sp³-hybridized carbons (Fsp3) is 0.450. The molecular weight excluding hydrogens is 328 g/mol. The van der Waals surface area contributed by atoms with Crippen LogP contribution in [0.2, 0.25) is 0 Å². The smallest absolute Gasteiger partial charge is 0.291 e. The Morgan fingerprint density at radius 1 is 1.23 bits per heavy atom. The van der Waals surface area contributed by atoms with Gasteiger partial charge in [0.25, 0.3) is 11.8 Å². The summed E-state index contributed by atoms with van der Waals surface area (Å²) >= 11 is 0. The van der Waals surface area contributed by atoms with Crippen molar-refractivity contribution in [3.63, 3.8) is 0 Å². The summed E-state index contributed by atoms with van der Waals surface area (Å²) in [7, 11) is 0. The number of hydrogen-bond donors (Lipinski definition) is 2. The molecule has 0 unspecified atom stereocenters. The highest BCUT2D eigenvalue weighted by atomic mass is 16.2. The van der Waals surface area contributed by atoms with Crippen LogP contribution >= 0.6 is 0 Å². The van der Waals surface area contributed by atoms with E-state index >= 15 is 0 Å². The molecule has 0 fully saturated rings. The van der Waals surface area contributed by atoms with Gasteiger partial charge in [-0.05, 0) is 50.3 Å². The summed E-state index contributed by atoms with van der Waals surface area (Å²) in [6.07, 6.45) is 4.74. The first-order valence-corrected chi connectivity index (χ1v) is 9.35. The van der Waals surface area contributed by atoms with Crippen LogP contribution in [0.15, 0.2) is 24.3 Å². The molecule has 1 aromatic heterocycles. The second-order valence-electron chi connectivity index (χ2n) is 6.77. The third-order valence-corrected chi connectivity index (χ3v) is 4.63. The highest BCUT2D eigenvalue weighted by Gasteiger charge is 2.27. The standard InChI is InChI=1S/C20H26N4O2/c1-3-4-11-21-19(25)17-16-10-5-6-12-24(16)18(23-17)20(26)22-15-9-7-8-14(2)13-15/h7-9,13H,3-6,10-12H2,1-2H3,(H,21,25)(H,22,26).